The van der Waals surface area contributed by atoms with E-state index in [9.17, 15) is 0 Å². The van der Waals surface area contributed by atoms with E-state index in [0.717, 1.165) is 5.92 Å². The van der Waals surface area contributed by atoms with Crippen LogP contribution in [0, 0.1) is 11.3 Å². The Hall–Kier alpha value is -0.300. The molecule has 1 aliphatic carbocycles. The van der Waals surface area contributed by atoms with Crippen molar-refractivity contribution >= 4 is 0 Å². The first-order chi connectivity index (χ1) is 4.79. The van der Waals surface area contributed by atoms with Crippen molar-refractivity contribution in [2.24, 2.45) is 11.3 Å². The average Bonchev–Trinajstić information content (AvgIpc) is 2.54. The SMILES string of the molecule is C/C=C(\C)C12CNCC1C2. The summed E-state index contributed by atoms with van der Waals surface area (Å²) in [6.07, 6.45) is 3.71. The molecule has 1 saturated heterocycles. The molecule has 10 heavy (non-hydrogen) atoms. The van der Waals surface area contributed by atoms with Gasteiger partial charge in [0.2, 0.25) is 0 Å². The third-order valence-electron chi connectivity index (χ3n) is 3.28. The van der Waals surface area contributed by atoms with Crippen LogP contribution in [0.2, 0.25) is 0 Å². The first kappa shape index (κ1) is 6.41. The van der Waals surface area contributed by atoms with Gasteiger partial charge in [-0.1, -0.05) is 11.6 Å². The lowest BCUT2D eigenvalue weighted by Gasteiger charge is -2.10. The minimum atomic E-state index is 0.620. The fourth-order valence-corrected chi connectivity index (χ4v) is 2.24. The van der Waals surface area contributed by atoms with Crippen molar-refractivity contribution < 1.29 is 0 Å². The van der Waals surface area contributed by atoms with Crippen LogP contribution in [0.4, 0.5) is 0 Å². The molecule has 1 heterocycles. The molecule has 0 bridgehead atoms. The van der Waals surface area contributed by atoms with Gasteiger partial charge in [-0.15, -0.1) is 0 Å². The Labute approximate surface area is 62.5 Å². The maximum Gasteiger partial charge on any atom is 0.00778 e. The van der Waals surface area contributed by atoms with Crippen LogP contribution in [-0.2, 0) is 0 Å². The third kappa shape index (κ3) is 0.615. The van der Waals surface area contributed by atoms with Gasteiger partial charge in [0.25, 0.3) is 0 Å². The van der Waals surface area contributed by atoms with E-state index < -0.39 is 0 Å². The molecule has 56 valence electrons. The fraction of sp³-hybridized carbons (Fsp3) is 0.778. The first-order valence-corrected chi connectivity index (χ1v) is 4.14. The Balaban J connectivity index is 2.18. The molecule has 0 radical (unpaired) electrons. The van der Waals surface area contributed by atoms with Crippen LogP contribution in [0.1, 0.15) is 20.3 Å². The van der Waals surface area contributed by atoms with Gasteiger partial charge in [0.15, 0.2) is 0 Å². The minimum absolute atomic E-state index is 0.620. The second-order valence-corrected chi connectivity index (χ2v) is 3.66. The minimum Gasteiger partial charge on any atom is -0.316 e. The Bertz CT molecular complexity index is 183. The van der Waals surface area contributed by atoms with Gasteiger partial charge in [-0.25, -0.2) is 0 Å². The summed E-state index contributed by atoms with van der Waals surface area (Å²) in [4.78, 5) is 0. The number of fused-ring (bicyclic) bond motifs is 1. The summed E-state index contributed by atoms with van der Waals surface area (Å²) in [6, 6.07) is 0. The van der Waals surface area contributed by atoms with E-state index >= 15 is 0 Å². The van der Waals surface area contributed by atoms with Crippen molar-refractivity contribution in [3.8, 4) is 0 Å². The highest BCUT2D eigenvalue weighted by Gasteiger charge is 2.57. The highest BCUT2D eigenvalue weighted by atomic mass is 15.0. The van der Waals surface area contributed by atoms with Gasteiger partial charge in [0.05, 0.1) is 0 Å². The van der Waals surface area contributed by atoms with Crippen LogP contribution in [0.5, 0.6) is 0 Å². The van der Waals surface area contributed by atoms with Gasteiger partial charge in [-0.2, -0.15) is 0 Å². The zero-order valence-electron chi connectivity index (χ0n) is 6.78. The largest absolute Gasteiger partial charge is 0.316 e. The van der Waals surface area contributed by atoms with Crippen molar-refractivity contribution in [3.05, 3.63) is 11.6 Å². The summed E-state index contributed by atoms with van der Waals surface area (Å²) in [5, 5.41) is 3.44. The van der Waals surface area contributed by atoms with Gasteiger partial charge < -0.3 is 5.32 Å². The number of piperidine rings is 1. The van der Waals surface area contributed by atoms with Crippen LogP contribution in [0.25, 0.3) is 0 Å². The second kappa shape index (κ2) is 1.85. The molecule has 1 heteroatoms. The Morgan fingerprint density at radius 3 is 2.90 bits per heavy atom. The summed E-state index contributed by atoms with van der Waals surface area (Å²) >= 11 is 0. The number of allylic oxidation sites excluding steroid dienone is 1. The highest BCUT2D eigenvalue weighted by Crippen LogP contribution is 2.59. The summed E-state index contributed by atoms with van der Waals surface area (Å²) < 4.78 is 0. The molecule has 1 aliphatic heterocycles. The summed E-state index contributed by atoms with van der Waals surface area (Å²) in [5.41, 5.74) is 2.22. The van der Waals surface area contributed by atoms with Gasteiger partial charge in [0.1, 0.15) is 0 Å². The zero-order valence-corrected chi connectivity index (χ0v) is 6.78. The molecule has 2 aliphatic rings. The summed E-state index contributed by atoms with van der Waals surface area (Å²) in [7, 11) is 0. The maximum atomic E-state index is 3.44. The molecule has 0 spiro atoms. The normalized spacial score (nSPS) is 45.4. The van der Waals surface area contributed by atoms with E-state index in [0.29, 0.717) is 5.41 Å². The van der Waals surface area contributed by atoms with Gasteiger partial charge in [-0.05, 0) is 32.7 Å². The Kier molecular flexibility index (Phi) is 1.19. The number of hydrogen-bond donors (Lipinski definition) is 1. The molecule has 0 aromatic carbocycles. The zero-order chi connectivity index (χ0) is 7.19. The molecular formula is C9H15N. The lowest BCUT2D eigenvalue weighted by molar-refractivity contribution is 0.606. The number of rotatable bonds is 1. The second-order valence-electron chi connectivity index (χ2n) is 3.66. The monoisotopic (exact) mass is 137 g/mol. The van der Waals surface area contributed by atoms with Crippen molar-refractivity contribution in [2.45, 2.75) is 20.3 Å². The van der Waals surface area contributed by atoms with Crippen LogP contribution >= 0.6 is 0 Å². The predicted molar refractivity (Wildman–Crippen MR) is 42.8 cm³/mol. The molecule has 0 aromatic rings. The van der Waals surface area contributed by atoms with Gasteiger partial charge >= 0.3 is 0 Å². The lowest BCUT2D eigenvalue weighted by Crippen LogP contribution is -2.16. The molecule has 2 rings (SSSR count). The Morgan fingerprint density at radius 2 is 2.50 bits per heavy atom. The smallest absolute Gasteiger partial charge is 0.00778 e. The van der Waals surface area contributed by atoms with E-state index in [-0.39, 0.29) is 0 Å². The molecule has 1 nitrogen and oxygen atoms in total. The van der Waals surface area contributed by atoms with Gasteiger partial charge in [0, 0.05) is 12.0 Å². The predicted octanol–water partition coefficient (Wildman–Crippen LogP) is 1.56. The van der Waals surface area contributed by atoms with Crippen molar-refractivity contribution in [1.29, 1.82) is 0 Å². The van der Waals surface area contributed by atoms with Crippen molar-refractivity contribution in [2.75, 3.05) is 13.1 Å². The van der Waals surface area contributed by atoms with E-state index in [4.69, 9.17) is 0 Å². The first-order valence-electron chi connectivity index (χ1n) is 4.14. The molecule has 2 fully saturated rings. The van der Waals surface area contributed by atoms with Crippen LogP contribution in [-0.4, -0.2) is 13.1 Å². The summed E-state index contributed by atoms with van der Waals surface area (Å²) in [5.74, 6) is 0.976. The lowest BCUT2D eigenvalue weighted by atomic mass is 9.96. The van der Waals surface area contributed by atoms with Crippen LogP contribution in [0.3, 0.4) is 0 Å². The van der Waals surface area contributed by atoms with Crippen LogP contribution in [0.15, 0.2) is 11.6 Å². The fourth-order valence-electron chi connectivity index (χ4n) is 2.24. The quantitative estimate of drug-likeness (QED) is 0.541. The molecular weight excluding hydrogens is 122 g/mol. The standard InChI is InChI=1S/C9H15N/c1-3-7(2)9-4-8(9)5-10-6-9/h3,8,10H,4-6H2,1-2H3/b7-3+. The molecule has 0 amide bonds. The van der Waals surface area contributed by atoms with E-state index in [1.807, 2.05) is 0 Å². The van der Waals surface area contributed by atoms with Gasteiger partial charge in [-0.3, -0.25) is 0 Å². The average molecular weight is 137 g/mol. The molecule has 2 atom stereocenters. The van der Waals surface area contributed by atoms with E-state index in [1.165, 1.54) is 19.5 Å². The molecule has 1 saturated carbocycles. The topological polar surface area (TPSA) is 12.0 Å². The number of nitrogens with one attached hydrogen (secondary N) is 1. The molecule has 0 aromatic heterocycles. The Morgan fingerprint density at radius 1 is 1.70 bits per heavy atom. The van der Waals surface area contributed by atoms with Crippen molar-refractivity contribution in [3.63, 3.8) is 0 Å². The number of hydrogen-bond acceptors (Lipinski definition) is 1. The highest BCUT2D eigenvalue weighted by molar-refractivity contribution is 5.27. The third-order valence-corrected chi connectivity index (χ3v) is 3.28. The summed E-state index contributed by atoms with van der Waals surface area (Å²) in [6.45, 7) is 6.91. The van der Waals surface area contributed by atoms with E-state index in [2.05, 4.69) is 25.2 Å². The van der Waals surface area contributed by atoms with Crippen molar-refractivity contribution in [1.82, 2.24) is 5.32 Å². The molecule has 1 N–H and O–H groups in total. The van der Waals surface area contributed by atoms with Crippen LogP contribution < -0.4 is 5.32 Å². The van der Waals surface area contributed by atoms with E-state index in [1.54, 1.807) is 5.57 Å². The molecule has 2 unspecified atom stereocenters. The maximum absolute atomic E-state index is 3.44.